The quantitative estimate of drug-likeness (QED) is 0.162. The highest BCUT2D eigenvalue weighted by Gasteiger charge is 2.38. The van der Waals surface area contributed by atoms with E-state index >= 15 is 0 Å². The van der Waals surface area contributed by atoms with Crippen LogP contribution in [0.2, 0.25) is 0 Å². The Hall–Kier alpha value is -3.84. The van der Waals surface area contributed by atoms with Crippen molar-refractivity contribution in [2.75, 3.05) is 6.61 Å². The van der Waals surface area contributed by atoms with Crippen LogP contribution in [0.5, 0.6) is 0 Å². The Balaban J connectivity index is 1.56. The molecule has 0 spiro atoms. The average Bonchev–Trinajstić information content (AvgIpc) is 2.96. The molecule has 0 N–H and O–H groups in total. The van der Waals surface area contributed by atoms with E-state index in [1.165, 1.54) is 0 Å². The first-order valence-electron chi connectivity index (χ1n) is 13.0. The van der Waals surface area contributed by atoms with E-state index in [9.17, 15) is 4.79 Å². The SMILES string of the molecule is CC1O[C@H]([C@H](COCc2ccccc2)N(Cc2ccccc2)C(=O)OCc2ccccc2)CC[C@H]1N=[N+]=[N-]. The largest absolute Gasteiger partial charge is 0.445 e. The Morgan fingerprint density at radius 3 is 2.11 bits per heavy atom. The predicted octanol–water partition coefficient (Wildman–Crippen LogP) is 6.66. The topological polar surface area (TPSA) is 96.8 Å². The number of carbonyl (C=O) groups is 1. The molecule has 3 aromatic carbocycles. The van der Waals surface area contributed by atoms with Gasteiger partial charge in [0.05, 0.1) is 37.5 Å². The van der Waals surface area contributed by atoms with Crippen LogP contribution in [-0.2, 0) is 34.0 Å². The van der Waals surface area contributed by atoms with Crippen LogP contribution in [0.15, 0.2) is 96.1 Å². The lowest BCUT2D eigenvalue weighted by atomic mass is 9.95. The minimum Gasteiger partial charge on any atom is -0.445 e. The highest BCUT2D eigenvalue weighted by Crippen LogP contribution is 2.28. The third kappa shape index (κ3) is 7.83. The van der Waals surface area contributed by atoms with E-state index in [4.69, 9.17) is 19.7 Å². The van der Waals surface area contributed by atoms with E-state index in [-0.39, 0.29) is 31.5 Å². The van der Waals surface area contributed by atoms with Gasteiger partial charge in [0.25, 0.3) is 0 Å². The van der Waals surface area contributed by atoms with E-state index in [1.54, 1.807) is 4.90 Å². The van der Waals surface area contributed by atoms with Gasteiger partial charge < -0.3 is 14.2 Å². The smallest absolute Gasteiger partial charge is 0.410 e. The second-order valence-electron chi connectivity index (χ2n) is 9.45. The van der Waals surface area contributed by atoms with Crippen molar-refractivity contribution < 1.29 is 19.0 Å². The Bertz CT molecular complexity index is 1170. The average molecular weight is 515 g/mol. The van der Waals surface area contributed by atoms with Crippen molar-refractivity contribution in [2.24, 2.45) is 5.11 Å². The van der Waals surface area contributed by atoms with Crippen LogP contribution in [0, 0.1) is 0 Å². The van der Waals surface area contributed by atoms with Crippen LogP contribution >= 0.6 is 0 Å². The molecule has 0 aliphatic carbocycles. The van der Waals surface area contributed by atoms with Gasteiger partial charge in [-0.2, -0.15) is 0 Å². The van der Waals surface area contributed by atoms with Gasteiger partial charge in [-0.05, 0) is 42.0 Å². The number of ether oxygens (including phenoxy) is 3. The van der Waals surface area contributed by atoms with Crippen molar-refractivity contribution in [1.82, 2.24) is 4.90 Å². The number of hydrogen-bond donors (Lipinski definition) is 0. The molecular weight excluding hydrogens is 480 g/mol. The van der Waals surface area contributed by atoms with Crippen molar-refractivity contribution in [3.63, 3.8) is 0 Å². The normalized spacial score (nSPS) is 19.7. The molecule has 4 atom stereocenters. The third-order valence-corrected chi connectivity index (χ3v) is 6.74. The Morgan fingerprint density at radius 2 is 1.53 bits per heavy atom. The number of nitrogens with zero attached hydrogens (tertiary/aromatic N) is 4. The molecule has 38 heavy (non-hydrogen) atoms. The summed E-state index contributed by atoms with van der Waals surface area (Å²) in [4.78, 5) is 18.3. The van der Waals surface area contributed by atoms with Gasteiger partial charge in [-0.15, -0.1) is 0 Å². The number of rotatable bonds is 11. The minimum atomic E-state index is -0.431. The molecule has 0 radical (unpaired) electrons. The molecule has 1 fully saturated rings. The maximum absolute atomic E-state index is 13.6. The lowest BCUT2D eigenvalue weighted by molar-refractivity contribution is -0.106. The van der Waals surface area contributed by atoms with Crippen LogP contribution in [0.25, 0.3) is 10.4 Å². The molecule has 8 nitrogen and oxygen atoms in total. The number of benzene rings is 3. The summed E-state index contributed by atoms with van der Waals surface area (Å²) >= 11 is 0. The van der Waals surface area contributed by atoms with Gasteiger partial charge in [-0.1, -0.05) is 96.1 Å². The van der Waals surface area contributed by atoms with Gasteiger partial charge in [0.15, 0.2) is 0 Å². The van der Waals surface area contributed by atoms with E-state index < -0.39 is 12.1 Å². The Labute approximate surface area is 223 Å². The van der Waals surface area contributed by atoms with E-state index in [0.717, 1.165) is 16.7 Å². The molecule has 0 bridgehead atoms. The molecular formula is C30H34N4O4. The number of azide groups is 1. The molecule has 3 aromatic rings. The first-order valence-corrected chi connectivity index (χ1v) is 13.0. The third-order valence-electron chi connectivity index (χ3n) is 6.74. The van der Waals surface area contributed by atoms with Crippen LogP contribution in [0.1, 0.15) is 36.5 Å². The molecule has 1 amide bonds. The molecule has 1 unspecified atom stereocenters. The summed E-state index contributed by atoms with van der Waals surface area (Å²) in [6, 6.07) is 28.7. The molecule has 198 valence electrons. The summed E-state index contributed by atoms with van der Waals surface area (Å²) in [5.41, 5.74) is 11.9. The molecule has 1 saturated heterocycles. The van der Waals surface area contributed by atoms with Crippen molar-refractivity contribution >= 4 is 6.09 Å². The molecule has 4 rings (SSSR count). The fourth-order valence-electron chi connectivity index (χ4n) is 4.67. The molecule has 1 aliphatic rings. The maximum Gasteiger partial charge on any atom is 0.410 e. The van der Waals surface area contributed by atoms with Crippen LogP contribution in [0.4, 0.5) is 4.79 Å². The fraction of sp³-hybridized carbons (Fsp3) is 0.367. The maximum atomic E-state index is 13.6. The van der Waals surface area contributed by atoms with Gasteiger partial charge in [0.1, 0.15) is 6.61 Å². The zero-order valence-corrected chi connectivity index (χ0v) is 21.6. The summed E-state index contributed by atoms with van der Waals surface area (Å²) in [7, 11) is 0. The molecule has 0 aromatic heterocycles. The van der Waals surface area contributed by atoms with Gasteiger partial charge in [-0.25, -0.2) is 4.79 Å². The number of amides is 1. The van der Waals surface area contributed by atoms with Crippen LogP contribution in [0.3, 0.4) is 0 Å². The summed E-state index contributed by atoms with van der Waals surface area (Å²) < 4.78 is 18.3. The van der Waals surface area contributed by atoms with Crippen LogP contribution in [-0.4, -0.2) is 41.9 Å². The number of carbonyl (C=O) groups excluding carboxylic acids is 1. The van der Waals surface area contributed by atoms with Gasteiger partial charge in [0.2, 0.25) is 0 Å². The summed E-state index contributed by atoms with van der Waals surface area (Å²) in [5.74, 6) is 0. The van der Waals surface area contributed by atoms with Crippen molar-refractivity contribution in [2.45, 2.75) is 63.8 Å². The first kappa shape index (κ1) is 27.2. The second kappa shape index (κ2) is 14.2. The van der Waals surface area contributed by atoms with Gasteiger partial charge in [0, 0.05) is 11.5 Å². The van der Waals surface area contributed by atoms with Crippen molar-refractivity contribution in [1.29, 1.82) is 0 Å². The number of hydrogen-bond acceptors (Lipinski definition) is 5. The minimum absolute atomic E-state index is 0.170. The summed E-state index contributed by atoms with van der Waals surface area (Å²) in [6.07, 6.45) is 0.284. The zero-order valence-electron chi connectivity index (χ0n) is 21.6. The Kier molecular flexibility index (Phi) is 10.2. The first-order chi connectivity index (χ1) is 18.6. The van der Waals surface area contributed by atoms with E-state index in [1.807, 2.05) is 97.9 Å². The highest BCUT2D eigenvalue weighted by molar-refractivity contribution is 5.68. The van der Waals surface area contributed by atoms with Crippen molar-refractivity contribution in [3.05, 3.63) is 118 Å². The molecule has 1 heterocycles. The van der Waals surface area contributed by atoms with Crippen molar-refractivity contribution in [3.8, 4) is 0 Å². The predicted molar refractivity (Wildman–Crippen MR) is 145 cm³/mol. The van der Waals surface area contributed by atoms with E-state index in [2.05, 4.69) is 10.0 Å². The summed E-state index contributed by atoms with van der Waals surface area (Å²) in [5, 5.41) is 3.89. The second-order valence-corrected chi connectivity index (χ2v) is 9.45. The zero-order chi connectivity index (χ0) is 26.6. The van der Waals surface area contributed by atoms with Gasteiger partial charge in [-0.3, -0.25) is 4.90 Å². The lowest BCUT2D eigenvalue weighted by Crippen LogP contribution is -2.53. The Morgan fingerprint density at radius 1 is 0.947 bits per heavy atom. The molecule has 8 heteroatoms. The van der Waals surface area contributed by atoms with Gasteiger partial charge >= 0.3 is 6.09 Å². The van der Waals surface area contributed by atoms with Crippen LogP contribution < -0.4 is 0 Å². The van der Waals surface area contributed by atoms with E-state index in [0.29, 0.717) is 26.0 Å². The fourth-order valence-corrected chi connectivity index (χ4v) is 4.67. The lowest BCUT2D eigenvalue weighted by Gasteiger charge is -2.41. The summed E-state index contributed by atoms with van der Waals surface area (Å²) in [6.45, 7) is 3.11. The highest BCUT2D eigenvalue weighted by atomic mass is 16.6. The monoisotopic (exact) mass is 514 g/mol. The molecule has 1 aliphatic heterocycles. The standard InChI is InChI=1S/C30H34N4O4/c1-23-27(32-33-31)17-18-29(38-23)28(22-36-20-25-13-7-3-8-14-25)34(19-24-11-5-2-6-12-24)30(35)37-21-26-15-9-4-10-16-26/h2-16,23,27-29H,17-22H2,1H3/t23?,27-,28+,29+/m1/s1. The molecule has 0 saturated carbocycles.